The van der Waals surface area contributed by atoms with Crippen LogP contribution in [0.4, 0.5) is 0 Å². The number of piperidine rings is 1. The van der Waals surface area contributed by atoms with E-state index in [1.807, 2.05) is 6.07 Å². The number of nitrogens with two attached hydrogens (primary N) is 1. The highest BCUT2D eigenvalue weighted by atomic mass is 16.3. The largest absolute Gasteiger partial charge is 0.468 e. The number of aryl methyl sites for hydroxylation is 1. The third kappa shape index (κ3) is 2.47. The van der Waals surface area contributed by atoms with E-state index in [0.717, 1.165) is 18.8 Å². The lowest BCUT2D eigenvalue weighted by Gasteiger charge is -2.37. The number of nitrogens with zero attached hydrogens (tertiary/aromatic N) is 1. The molecule has 1 saturated heterocycles. The van der Waals surface area contributed by atoms with Crippen molar-refractivity contribution in [2.45, 2.75) is 51.7 Å². The van der Waals surface area contributed by atoms with Gasteiger partial charge in [-0.05, 0) is 44.9 Å². The molecule has 90 valence electrons. The molecule has 0 radical (unpaired) electrons. The van der Waals surface area contributed by atoms with Crippen LogP contribution in [-0.2, 0) is 6.54 Å². The van der Waals surface area contributed by atoms with E-state index in [1.165, 1.54) is 24.8 Å². The van der Waals surface area contributed by atoms with Gasteiger partial charge in [0.25, 0.3) is 0 Å². The maximum Gasteiger partial charge on any atom is 0.120 e. The number of likely N-dealkylation sites (tertiary alicyclic amines) is 1. The van der Waals surface area contributed by atoms with Crippen LogP contribution in [0.2, 0.25) is 0 Å². The van der Waals surface area contributed by atoms with E-state index in [4.69, 9.17) is 10.2 Å². The molecule has 2 heterocycles. The predicted octanol–water partition coefficient (Wildman–Crippen LogP) is 2.29. The molecule has 2 rings (SSSR count). The average molecular weight is 222 g/mol. The van der Waals surface area contributed by atoms with Gasteiger partial charge in [0.1, 0.15) is 5.76 Å². The molecule has 2 atom stereocenters. The molecule has 0 saturated carbocycles. The molecule has 3 nitrogen and oxygen atoms in total. The number of hydrogen-bond donors (Lipinski definition) is 1. The van der Waals surface area contributed by atoms with Crippen LogP contribution in [0.25, 0.3) is 0 Å². The Balaban J connectivity index is 2.04. The van der Waals surface area contributed by atoms with E-state index in [1.54, 1.807) is 6.26 Å². The Hall–Kier alpha value is -0.800. The fraction of sp³-hybridized carbons (Fsp3) is 0.692. The zero-order valence-corrected chi connectivity index (χ0v) is 10.3. The van der Waals surface area contributed by atoms with Gasteiger partial charge in [-0.25, -0.2) is 0 Å². The zero-order chi connectivity index (χ0) is 11.5. The summed E-state index contributed by atoms with van der Waals surface area (Å²) in [4.78, 5) is 2.47. The van der Waals surface area contributed by atoms with Crippen LogP contribution in [0.5, 0.6) is 0 Å². The minimum atomic E-state index is 0.246. The Morgan fingerprint density at radius 3 is 3.00 bits per heavy atom. The van der Waals surface area contributed by atoms with Gasteiger partial charge < -0.3 is 10.2 Å². The summed E-state index contributed by atoms with van der Waals surface area (Å²) in [7, 11) is 0. The summed E-state index contributed by atoms with van der Waals surface area (Å²) in [5, 5.41) is 0. The molecule has 0 aromatic carbocycles. The van der Waals surface area contributed by atoms with Gasteiger partial charge >= 0.3 is 0 Å². The van der Waals surface area contributed by atoms with Crippen LogP contribution >= 0.6 is 0 Å². The molecule has 0 aliphatic carbocycles. The van der Waals surface area contributed by atoms with Gasteiger partial charge in [-0.15, -0.1) is 0 Å². The number of furan rings is 1. The standard InChI is InChI=1S/C13H22N2O/c1-10-6-8-16-13(10)9-15-7-4-3-5-12(15)11(2)14/h6,8,11-12H,3-5,7,9,14H2,1-2H3. The number of hydrogen-bond acceptors (Lipinski definition) is 3. The molecule has 2 unspecified atom stereocenters. The van der Waals surface area contributed by atoms with Gasteiger partial charge in [-0.3, -0.25) is 4.90 Å². The molecule has 1 aromatic heterocycles. The smallest absolute Gasteiger partial charge is 0.120 e. The fourth-order valence-electron chi connectivity index (χ4n) is 2.56. The van der Waals surface area contributed by atoms with Crippen molar-refractivity contribution in [3.05, 3.63) is 23.7 Å². The summed E-state index contributed by atoms with van der Waals surface area (Å²) in [6.45, 7) is 6.26. The van der Waals surface area contributed by atoms with Crippen molar-refractivity contribution in [3.63, 3.8) is 0 Å². The first-order valence-corrected chi connectivity index (χ1v) is 6.21. The first-order chi connectivity index (χ1) is 7.68. The van der Waals surface area contributed by atoms with Crippen LogP contribution in [-0.4, -0.2) is 23.5 Å². The highest BCUT2D eigenvalue weighted by Gasteiger charge is 2.26. The van der Waals surface area contributed by atoms with Crippen LogP contribution in [0.3, 0.4) is 0 Å². The lowest BCUT2D eigenvalue weighted by Crippen LogP contribution is -2.48. The van der Waals surface area contributed by atoms with E-state index < -0.39 is 0 Å². The summed E-state index contributed by atoms with van der Waals surface area (Å²) < 4.78 is 5.51. The second-order valence-electron chi connectivity index (χ2n) is 4.92. The third-order valence-electron chi connectivity index (χ3n) is 3.59. The Morgan fingerprint density at radius 1 is 1.56 bits per heavy atom. The molecule has 0 amide bonds. The van der Waals surface area contributed by atoms with E-state index in [9.17, 15) is 0 Å². The highest BCUT2D eigenvalue weighted by Crippen LogP contribution is 2.22. The van der Waals surface area contributed by atoms with E-state index in [-0.39, 0.29) is 6.04 Å². The molecule has 1 aliphatic heterocycles. The lowest BCUT2D eigenvalue weighted by atomic mass is 9.97. The molecule has 1 aliphatic rings. The SMILES string of the molecule is Cc1ccoc1CN1CCCCC1C(C)N. The van der Waals surface area contributed by atoms with Gasteiger partial charge in [0.15, 0.2) is 0 Å². The molecule has 0 spiro atoms. The maximum atomic E-state index is 6.05. The average Bonchev–Trinajstić information content (AvgIpc) is 2.65. The van der Waals surface area contributed by atoms with Gasteiger partial charge in [0.2, 0.25) is 0 Å². The third-order valence-corrected chi connectivity index (χ3v) is 3.59. The molecular formula is C13H22N2O. The van der Waals surface area contributed by atoms with Gasteiger partial charge in [0.05, 0.1) is 12.8 Å². The molecule has 2 N–H and O–H groups in total. The Morgan fingerprint density at radius 2 is 2.38 bits per heavy atom. The summed E-state index contributed by atoms with van der Waals surface area (Å²) >= 11 is 0. The summed E-state index contributed by atoms with van der Waals surface area (Å²) in [6, 6.07) is 2.79. The first kappa shape index (κ1) is 11.7. The Labute approximate surface area is 97.6 Å². The molecule has 16 heavy (non-hydrogen) atoms. The maximum absolute atomic E-state index is 6.05. The quantitative estimate of drug-likeness (QED) is 0.853. The van der Waals surface area contributed by atoms with Gasteiger partial charge in [-0.1, -0.05) is 6.42 Å². The number of rotatable bonds is 3. The van der Waals surface area contributed by atoms with E-state index in [0.29, 0.717) is 6.04 Å². The van der Waals surface area contributed by atoms with Crippen LogP contribution in [0.15, 0.2) is 16.7 Å². The minimum absolute atomic E-state index is 0.246. The van der Waals surface area contributed by atoms with Crippen LogP contribution < -0.4 is 5.73 Å². The summed E-state index contributed by atoms with van der Waals surface area (Å²) in [6.07, 6.45) is 5.58. The minimum Gasteiger partial charge on any atom is -0.468 e. The van der Waals surface area contributed by atoms with E-state index >= 15 is 0 Å². The van der Waals surface area contributed by atoms with Crippen LogP contribution in [0.1, 0.15) is 37.5 Å². The second kappa shape index (κ2) is 5.02. The first-order valence-electron chi connectivity index (χ1n) is 6.21. The zero-order valence-electron chi connectivity index (χ0n) is 10.3. The fourth-order valence-corrected chi connectivity index (χ4v) is 2.56. The molecule has 1 aromatic rings. The van der Waals surface area contributed by atoms with Crippen molar-refractivity contribution in [2.24, 2.45) is 5.73 Å². The second-order valence-corrected chi connectivity index (χ2v) is 4.92. The van der Waals surface area contributed by atoms with Gasteiger partial charge in [-0.2, -0.15) is 0 Å². The predicted molar refractivity (Wildman–Crippen MR) is 65.1 cm³/mol. The van der Waals surface area contributed by atoms with Gasteiger partial charge in [0, 0.05) is 12.1 Å². The Kier molecular flexibility index (Phi) is 3.66. The van der Waals surface area contributed by atoms with Crippen molar-refractivity contribution >= 4 is 0 Å². The molecule has 1 fully saturated rings. The molecule has 0 bridgehead atoms. The topological polar surface area (TPSA) is 42.4 Å². The van der Waals surface area contributed by atoms with Crippen molar-refractivity contribution in [2.75, 3.05) is 6.54 Å². The summed E-state index contributed by atoms with van der Waals surface area (Å²) in [5.41, 5.74) is 7.30. The summed E-state index contributed by atoms with van der Waals surface area (Å²) in [5.74, 6) is 1.09. The monoisotopic (exact) mass is 222 g/mol. The van der Waals surface area contributed by atoms with E-state index in [2.05, 4.69) is 18.7 Å². The Bertz CT molecular complexity index is 332. The highest BCUT2D eigenvalue weighted by molar-refractivity contribution is 5.14. The van der Waals surface area contributed by atoms with Crippen LogP contribution in [0, 0.1) is 6.92 Å². The van der Waals surface area contributed by atoms with Crippen molar-refractivity contribution in [1.29, 1.82) is 0 Å². The normalized spacial score (nSPS) is 24.6. The van der Waals surface area contributed by atoms with Crippen molar-refractivity contribution in [1.82, 2.24) is 4.90 Å². The van der Waals surface area contributed by atoms with Crippen molar-refractivity contribution in [3.8, 4) is 0 Å². The molecule has 3 heteroatoms. The molecular weight excluding hydrogens is 200 g/mol. The lowest BCUT2D eigenvalue weighted by molar-refractivity contribution is 0.114. The van der Waals surface area contributed by atoms with Crippen molar-refractivity contribution < 1.29 is 4.42 Å².